The highest BCUT2D eigenvalue weighted by Gasteiger charge is 2.16. The number of hydrogen-bond donors (Lipinski definition) is 1. The van der Waals surface area contributed by atoms with Gasteiger partial charge in [0.05, 0.1) is 12.1 Å². The minimum Gasteiger partial charge on any atom is -0.350 e. The van der Waals surface area contributed by atoms with E-state index in [1.54, 1.807) is 18.3 Å². The molecule has 2 aromatic heterocycles. The van der Waals surface area contributed by atoms with Crippen molar-refractivity contribution in [2.45, 2.75) is 33.5 Å². The van der Waals surface area contributed by atoms with Gasteiger partial charge in [-0.2, -0.15) is 0 Å². The molecule has 0 unspecified atom stereocenters. The Balaban J connectivity index is 1.63. The van der Waals surface area contributed by atoms with Gasteiger partial charge in [-0.25, -0.2) is 4.98 Å². The summed E-state index contributed by atoms with van der Waals surface area (Å²) < 4.78 is 2.56. The van der Waals surface area contributed by atoms with Gasteiger partial charge < -0.3 is 5.32 Å². The number of amides is 1. The van der Waals surface area contributed by atoms with Crippen LogP contribution in [-0.4, -0.2) is 20.0 Å². The Morgan fingerprint density at radius 2 is 1.44 bits per heavy atom. The molecule has 0 saturated carbocycles. The third-order valence-corrected chi connectivity index (χ3v) is 5.36. The first kappa shape index (κ1) is 21.2. The largest absolute Gasteiger partial charge is 0.350 e. The van der Waals surface area contributed by atoms with Crippen LogP contribution in [-0.2, 0) is 24.4 Å². The van der Waals surface area contributed by atoms with E-state index in [0.29, 0.717) is 17.7 Å². The summed E-state index contributed by atoms with van der Waals surface area (Å²) >= 11 is 0. The summed E-state index contributed by atoms with van der Waals surface area (Å²) in [5.41, 5.74) is 3.44. The average molecular weight is 428 g/mol. The smallest absolute Gasteiger partial charge is 0.318 e. The third-order valence-electron chi connectivity index (χ3n) is 5.36. The lowest BCUT2D eigenvalue weighted by Crippen LogP contribution is -2.44. The van der Waals surface area contributed by atoms with Crippen molar-refractivity contribution in [3.63, 3.8) is 0 Å². The Morgan fingerprint density at radius 1 is 0.844 bits per heavy atom. The van der Waals surface area contributed by atoms with Crippen molar-refractivity contribution in [2.24, 2.45) is 0 Å². The van der Waals surface area contributed by atoms with Crippen molar-refractivity contribution >= 4 is 17.1 Å². The Hall–Kier alpha value is -4.00. The van der Waals surface area contributed by atoms with Crippen molar-refractivity contribution in [3.8, 4) is 0 Å². The fraction of sp³-hybridized carbons (Fsp3) is 0.200. The SMILES string of the molecule is Cc1ccc(CNC(=O)Cn2c(=O)c(=O)n(Cc3ccc(C)cc3)c3ncccc32)cc1. The summed E-state index contributed by atoms with van der Waals surface area (Å²) in [6, 6.07) is 18.9. The molecule has 2 aromatic carbocycles. The van der Waals surface area contributed by atoms with Gasteiger partial charge in [0, 0.05) is 12.7 Å². The van der Waals surface area contributed by atoms with Gasteiger partial charge in [0.2, 0.25) is 5.91 Å². The maximum atomic E-state index is 12.9. The fourth-order valence-electron chi connectivity index (χ4n) is 3.53. The molecule has 4 aromatic rings. The zero-order valence-corrected chi connectivity index (χ0v) is 18.0. The van der Waals surface area contributed by atoms with Gasteiger partial charge in [0.25, 0.3) is 0 Å². The van der Waals surface area contributed by atoms with Crippen LogP contribution < -0.4 is 16.4 Å². The molecule has 0 aliphatic heterocycles. The van der Waals surface area contributed by atoms with Gasteiger partial charge >= 0.3 is 11.1 Å². The van der Waals surface area contributed by atoms with E-state index < -0.39 is 11.1 Å². The molecule has 1 amide bonds. The molecule has 0 saturated heterocycles. The summed E-state index contributed by atoms with van der Waals surface area (Å²) in [6.07, 6.45) is 1.57. The Bertz CT molecular complexity index is 1380. The minimum atomic E-state index is -0.747. The van der Waals surface area contributed by atoms with Gasteiger partial charge in [0.15, 0.2) is 5.65 Å². The number of fused-ring (bicyclic) bond motifs is 1. The molecule has 0 spiro atoms. The van der Waals surface area contributed by atoms with Gasteiger partial charge in [-0.15, -0.1) is 0 Å². The van der Waals surface area contributed by atoms with Crippen LogP contribution in [0.4, 0.5) is 0 Å². The van der Waals surface area contributed by atoms with E-state index in [1.165, 1.54) is 9.13 Å². The molecule has 1 N–H and O–H groups in total. The molecular weight excluding hydrogens is 404 g/mol. The van der Waals surface area contributed by atoms with Gasteiger partial charge in [0.1, 0.15) is 6.54 Å². The number of rotatable bonds is 6. The summed E-state index contributed by atoms with van der Waals surface area (Å²) in [5.74, 6) is -0.353. The van der Waals surface area contributed by atoms with Gasteiger partial charge in [-0.05, 0) is 37.1 Å². The molecule has 7 nitrogen and oxygen atoms in total. The highest BCUT2D eigenvalue weighted by atomic mass is 16.2. The van der Waals surface area contributed by atoms with E-state index in [1.807, 2.05) is 62.4 Å². The first-order chi connectivity index (χ1) is 15.4. The number of carbonyl (C=O) groups is 1. The molecule has 0 radical (unpaired) electrons. The zero-order valence-electron chi connectivity index (χ0n) is 18.0. The maximum Gasteiger partial charge on any atom is 0.318 e. The number of aryl methyl sites for hydroxylation is 2. The van der Waals surface area contributed by atoms with Crippen LogP contribution in [0.5, 0.6) is 0 Å². The van der Waals surface area contributed by atoms with Crippen LogP contribution >= 0.6 is 0 Å². The average Bonchev–Trinajstić information content (AvgIpc) is 2.80. The molecular formula is C25H24N4O3. The molecule has 2 heterocycles. The highest BCUT2D eigenvalue weighted by molar-refractivity contribution is 5.78. The lowest BCUT2D eigenvalue weighted by atomic mass is 10.1. The number of nitrogens with zero attached hydrogens (tertiary/aromatic N) is 3. The zero-order chi connectivity index (χ0) is 22.7. The normalized spacial score (nSPS) is 10.9. The van der Waals surface area contributed by atoms with Crippen molar-refractivity contribution < 1.29 is 4.79 Å². The monoisotopic (exact) mass is 428 g/mol. The van der Waals surface area contributed by atoms with Crippen molar-refractivity contribution in [3.05, 3.63) is 110 Å². The second-order valence-corrected chi connectivity index (χ2v) is 7.88. The number of carbonyl (C=O) groups excluding carboxylic acids is 1. The summed E-state index contributed by atoms with van der Waals surface area (Å²) in [4.78, 5) is 42.7. The van der Waals surface area contributed by atoms with Crippen LogP contribution in [0.25, 0.3) is 11.2 Å². The molecule has 32 heavy (non-hydrogen) atoms. The molecule has 0 aliphatic carbocycles. The third kappa shape index (κ3) is 4.51. The predicted molar refractivity (Wildman–Crippen MR) is 124 cm³/mol. The van der Waals surface area contributed by atoms with Crippen molar-refractivity contribution in [2.75, 3.05) is 0 Å². The van der Waals surface area contributed by atoms with Crippen LogP contribution in [0.2, 0.25) is 0 Å². The van der Waals surface area contributed by atoms with Crippen LogP contribution in [0.1, 0.15) is 22.3 Å². The topological polar surface area (TPSA) is 86.0 Å². The molecule has 0 bridgehead atoms. The van der Waals surface area contributed by atoms with Gasteiger partial charge in [-0.3, -0.25) is 23.5 Å². The van der Waals surface area contributed by atoms with E-state index in [9.17, 15) is 14.4 Å². The van der Waals surface area contributed by atoms with Crippen LogP contribution in [0.3, 0.4) is 0 Å². The second-order valence-electron chi connectivity index (χ2n) is 7.88. The number of nitrogens with one attached hydrogen (secondary N) is 1. The van der Waals surface area contributed by atoms with E-state index in [-0.39, 0.29) is 19.0 Å². The minimum absolute atomic E-state index is 0.225. The molecule has 0 aliphatic rings. The van der Waals surface area contributed by atoms with E-state index in [4.69, 9.17) is 0 Å². The summed E-state index contributed by atoms with van der Waals surface area (Å²) in [6.45, 7) is 4.29. The van der Waals surface area contributed by atoms with Gasteiger partial charge in [-0.1, -0.05) is 59.7 Å². The standard InChI is InChI=1S/C25H24N4O3/c1-17-5-9-19(10-6-17)14-27-22(30)16-28-21-4-3-13-26-23(21)29(25(32)24(28)31)15-20-11-7-18(2)8-12-20/h3-13H,14-16H2,1-2H3,(H,27,30). The van der Waals surface area contributed by atoms with E-state index in [0.717, 1.165) is 22.3 Å². The molecule has 0 atom stereocenters. The number of hydrogen-bond acceptors (Lipinski definition) is 4. The molecule has 4 rings (SSSR count). The molecule has 162 valence electrons. The van der Waals surface area contributed by atoms with Crippen LogP contribution in [0.15, 0.2) is 76.4 Å². The molecule has 0 fully saturated rings. The fourth-order valence-corrected chi connectivity index (χ4v) is 3.53. The highest BCUT2D eigenvalue weighted by Crippen LogP contribution is 2.11. The number of aromatic nitrogens is 3. The second kappa shape index (κ2) is 9.01. The molecule has 7 heteroatoms. The Morgan fingerprint density at radius 3 is 2.09 bits per heavy atom. The maximum absolute atomic E-state index is 12.9. The Labute approximate surface area is 185 Å². The lowest BCUT2D eigenvalue weighted by Gasteiger charge is -2.14. The van der Waals surface area contributed by atoms with E-state index >= 15 is 0 Å². The van der Waals surface area contributed by atoms with Crippen LogP contribution in [0, 0.1) is 13.8 Å². The lowest BCUT2D eigenvalue weighted by molar-refractivity contribution is -0.121. The predicted octanol–water partition coefficient (Wildman–Crippen LogP) is 2.54. The number of pyridine rings is 1. The quantitative estimate of drug-likeness (QED) is 0.478. The summed E-state index contributed by atoms with van der Waals surface area (Å²) in [7, 11) is 0. The van der Waals surface area contributed by atoms with E-state index in [2.05, 4.69) is 10.3 Å². The first-order valence-electron chi connectivity index (χ1n) is 10.4. The first-order valence-corrected chi connectivity index (χ1v) is 10.4. The van der Waals surface area contributed by atoms with Crippen molar-refractivity contribution in [1.82, 2.24) is 19.4 Å². The number of benzene rings is 2. The Kier molecular flexibility index (Phi) is 5.98. The van der Waals surface area contributed by atoms with Crippen molar-refractivity contribution in [1.29, 1.82) is 0 Å². The summed E-state index contributed by atoms with van der Waals surface area (Å²) in [5, 5.41) is 2.81.